The molecule has 0 radical (unpaired) electrons. The molecule has 3 rings (SSSR count). The Kier molecular flexibility index (Phi) is 3.14. The van der Waals surface area contributed by atoms with Crippen LogP contribution in [0.1, 0.15) is 19.3 Å². The van der Waals surface area contributed by atoms with Gasteiger partial charge >= 0.3 is 18.6 Å². The van der Waals surface area contributed by atoms with Crippen LogP contribution in [0, 0.1) is 0 Å². The normalized spacial score (nSPS) is 45.8. The van der Waals surface area contributed by atoms with Gasteiger partial charge in [0.1, 0.15) is 13.1 Å². The molecule has 0 bridgehead atoms. The van der Waals surface area contributed by atoms with E-state index in [1.165, 1.54) is 0 Å². The van der Waals surface area contributed by atoms with E-state index in [9.17, 15) is 9.59 Å². The van der Waals surface area contributed by atoms with Gasteiger partial charge in [-0.3, -0.25) is 9.59 Å². The van der Waals surface area contributed by atoms with Crippen LogP contribution in [-0.2, 0) is 23.6 Å². The zero-order valence-corrected chi connectivity index (χ0v) is 12.4. The Morgan fingerprint density at radius 1 is 1.26 bits per heavy atom. The number of ether oxygens (including phenoxy) is 1. The molecule has 3 aliphatic rings. The van der Waals surface area contributed by atoms with Crippen molar-refractivity contribution in [2.45, 2.75) is 31.4 Å². The summed E-state index contributed by atoms with van der Waals surface area (Å²) in [4.78, 5) is 23.4. The molecule has 3 aliphatic heterocycles. The number of alkyl halides is 1. The van der Waals surface area contributed by atoms with Crippen molar-refractivity contribution in [2.24, 2.45) is 0 Å². The van der Waals surface area contributed by atoms with E-state index in [2.05, 4.69) is 15.9 Å². The molecule has 0 spiro atoms. The molecule has 6 nitrogen and oxygen atoms in total. The topological polar surface area (TPSA) is 61.8 Å². The summed E-state index contributed by atoms with van der Waals surface area (Å²) in [6.07, 6.45) is 2.80. The second-order valence-electron chi connectivity index (χ2n) is 5.89. The van der Waals surface area contributed by atoms with Gasteiger partial charge in [0.2, 0.25) is 0 Å². The molecule has 3 saturated heterocycles. The van der Waals surface area contributed by atoms with Crippen molar-refractivity contribution in [1.82, 2.24) is 0 Å². The van der Waals surface area contributed by atoms with Gasteiger partial charge in [0, 0.05) is 12.4 Å². The first-order chi connectivity index (χ1) is 8.99. The van der Waals surface area contributed by atoms with Crippen LogP contribution in [0.15, 0.2) is 0 Å². The summed E-state index contributed by atoms with van der Waals surface area (Å²) in [5.41, 5.74) is 0. The number of hydrogen-bond donors (Lipinski definition) is 0. The van der Waals surface area contributed by atoms with Crippen molar-refractivity contribution in [2.75, 3.05) is 25.5 Å². The lowest BCUT2D eigenvalue weighted by Crippen LogP contribution is -2.68. The number of fused-ring (bicyclic) bond motifs is 1. The fourth-order valence-corrected chi connectivity index (χ4v) is 4.01. The molecule has 0 unspecified atom stereocenters. The summed E-state index contributed by atoms with van der Waals surface area (Å²) in [7, 11) is 1.84. The Hall–Kier alpha value is -0.595. The highest BCUT2D eigenvalue weighted by Gasteiger charge is 2.70. The molecule has 2 atom stereocenters. The Bertz CT molecular complexity index is 411. The molecule has 0 amide bonds. The number of carbonyl (C=O) groups is 2. The first-order valence-electron chi connectivity index (χ1n) is 6.63. The van der Waals surface area contributed by atoms with Crippen molar-refractivity contribution in [3.63, 3.8) is 0 Å². The number of hydrogen-bond acceptors (Lipinski definition) is 5. The van der Waals surface area contributed by atoms with Crippen LogP contribution >= 0.6 is 15.9 Å². The van der Waals surface area contributed by atoms with Gasteiger partial charge in [-0.25, -0.2) is 0 Å². The standard InChI is InChI=1S/C11H17BBrNO5/c1-14-6-10(15)18-12(14,19-11(16)7-14)9-4-2-3-8(5-13)17-9/h8-9H,2-7H2,1H3/t8-,9+,12?,14?/m0/s1. The third-order valence-corrected chi connectivity index (χ3v) is 5.20. The fraction of sp³-hybridized carbons (Fsp3) is 0.818. The summed E-state index contributed by atoms with van der Waals surface area (Å²) in [6, 6.07) is -0.320. The molecule has 3 fully saturated rings. The van der Waals surface area contributed by atoms with E-state index in [1.807, 2.05) is 7.05 Å². The zero-order chi connectivity index (χ0) is 13.7. The van der Waals surface area contributed by atoms with E-state index < -0.39 is 6.69 Å². The third kappa shape index (κ3) is 1.92. The van der Waals surface area contributed by atoms with Gasteiger partial charge in [-0.15, -0.1) is 0 Å². The molecule has 0 aliphatic carbocycles. The van der Waals surface area contributed by atoms with E-state index in [4.69, 9.17) is 14.0 Å². The van der Waals surface area contributed by atoms with Crippen molar-refractivity contribution in [3.05, 3.63) is 0 Å². The Morgan fingerprint density at radius 2 is 1.89 bits per heavy atom. The molecule has 19 heavy (non-hydrogen) atoms. The van der Waals surface area contributed by atoms with Crippen molar-refractivity contribution in [3.8, 4) is 0 Å². The van der Waals surface area contributed by atoms with E-state index in [0.29, 0.717) is 0 Å². The second kappa shape index (κ2) is 4.46. The molecular weight excluding hydrogens is 317 g/mol. The van der Waals surface area contributed by atoms with Crippen molar-refractivity contribution < 1.29 is 28.0 Å². The third-order valence-electron chi connectivity index (χ3n) is 4.47. The minimum absolute atomic E-state index is 0.0852. The molecule has 0 aromatic heterocycles. The number of nitrogens with zero attached hydrogens (tertiary/aromatic N) is 1. The maximum Gasteiger partial charge on any atom is 0.611 e. The lowest BCUT2D eigenvalue weighted by Gasteiger charge is -2.46. The van der Waals surface area contributed by atoms with Gasteiger partial charge in [0.05, 0.1) is 12.1 Å². The molecule has 0 N–H and O–H groups in total. The van der Waals surface area contributed by atoms with Gasteiger partial charge in [-0.2, -0.15) is 0 Å². The molecular formula is C11H17BBrNO5. The molecule has 0 saturated carbocycles. The van der Waals surface area contributed by atoms with Gasteiger partial charge < -0.3 is 18.4 Å². The molecule has 106 valence electrons. The lowest BCUT2D eigenvalue weighted by atomic mass is 9.59. The first kappa shape index (κ1) is 13.4. The van der Waals surface area contributed by atoms with Crippen molar-refractivity contribution >= 4 is 34.6 Å². The first-order valence-corrected chi connectivity index (χ1v) is 7.75. The van der Waals surface area contributed by atoms with Crippen LogP contribution in [0.5, 0.6) is 0 Å². The largest absolute Gasteiger partial charge is 0.611 e. The zero-order valence-electron chi connectivity index (χ0n) is 10.8. The fourth-order valence-electron chi connectivity index (χ4n) is 3.54. The number of carbonyl (C=O) groups excluding carboxylic acids is 2. The SMILES string of the molecule is C[N+]12CC(=O)O[B-]1([C@H]1CCC[C@@H](CBr)O1)OC(=O)C2. The Labute approximate surface area is 120 Å². The van der Waals surface area contributed by atoms with Gasteiger partial charge in [-0.05, 0) is 12.8 Å². The number of halogens is 1. The van der Waals surface area contributed by atoms with Gasteiger partial charge in [0.25, 0.3) is 0 Å². The minimum atomic E-state index is -2.05. The molecule has 8 heteroatoms. The highest BCUT2D eigenvalue weighted by atomic mass is 79.9. The molecule has 3 heterocycles. The lowest BCUT2D eigenvalue weighted by molar-refractivity contribution is -0.795. The summed E-state index contributed by atoms with van der Waals surface area (Å²) < 4.78 is 17.2. The summed E-state index contributed by atoms with van der Waals surface area (Å²) in [6.45, 7) is -1.68. The highest BCUT2D eigenvalue weighted by molar-refractivity contribution is 9.09. The number of rotatable bonds is 2. The van der Waals surface area contributed by atoms with E-state index in [0.717, 1.165) is 24.6 Å². The summed E-state index contributed by atoms with van der Waals surface area (Å²) in [5.74, 6) is -0.612. The second-order valence-corrected chi connectivity index (χ2v) is 6.53. The van der Waals surface area contributed by atoms with Crippen LogP contribution in [-0.4, -0.2) is 60.6 Å². The minimum Gasteiger partial charge on any atom is -0.598 e. The Balaban J connectivity index is 1.91. The summed E-state index contributed by atoms with van der Waals surface area (Å²) in [5, 5.41) is 0.737. The average Bonchev–Trinajstić information content (AvgIpc) is 2.74. The van der Waals surface area contributed by atoms with Gasteiger partial charge in [0.15, 0.2) is 0 Å². The number of quaternary nitrogens is 1. The molecule has 0 aromatic carbocycles. The van der Waals surface area contributed by atoms with E-state index in [1.54, 1.807) is 0 Å². The van der Waals surface area contributed by atoms with Crippen LogP contribution in [0.4, 0.5) is 0 Å². The van der Waals surface area contributed by atoms with Crippen LogP contribution in [0.2, 0.25) is 0 Å². The predicted octanol–water partition coefficient (Wildman–Crippen LogP) is 0.357. The molecule has 0 aromatic rings. The average molecular weight is 334 g/mol. The maximum atomic E-state index is 11.7. The number of likely N-dealkylation sites (N-methyl/N-ethyl adjacent to an activating group) is 1. The van der Waals surface area contributed by atoms with E-state index in [-0.39, 0.29) is 41.5 Å². The maximum absolute atomic E-state index is 11.7. The highest BCUT2D eigenvalue weighted by Crippen LogP contribution is 2.40. The monoisotopic (exact) mass is 333 g/mol. The van der Waals surface area contributed by atoms with Crippen molar-refractivity contribution in [1.29, 1.82) is 0 Å². The quantitative estimate of drug-likeness (QED) is 0.539. The van der Waals surface area contributed by atoms with E-state index >= 15 is 0 Å². The smallest absolute Gasteiger partial charge is 0.598 e. The van der Waals surface area contributed by atoms with Gasteiger partial charge in [-0.1, -0.05) is 22.4 Å². The summed E-state index contributed by atoms with van der Waals surface area (Å²) >= 11 is 3.42. The Morgan fingerprint density at radius 3 is 2.47 bits per heavy atom. The predicted molar refractivity (Wildman–Crippen MR) is 70.2 cm³/mol. The van der Waals surface area contributed by atoms with Crippen LogP contribution in [0.25, 0.3) is 0 Å². The van der Waals surface area contributed by atoms with Crippen LogP contribution in [0.3, 0.4) is 0 Å². The van der Waals surface area contributed by atoms with Crippen LogP contribution < -0.4 is 0 Å².